The average molecular weight is 437 g/mol. The number of methoxy groups -OCH3 is 3. The van der Waals surface area contributed by atoms with Crippen LogP contribution in [0.25, 0.3) is 0 Å². The summed E-state index contributed by atoms with van der Waals surface area (Å²) in [7, 11) is 8.77. The van der Waals surface area contributed by atoms with Crippen LogP contribution in [0.3, 0.4) is 0 Å². The van der Waals surface area contributed by atoms with Gasteiger partial charge < -0.3 is 24.4 Å². The second-order valence-electron chi connectivity index (χ2n) is 4.83. The molecule has 0 aliphatic carbocycles. The molecule has 132 valence electrons. The van der Waals surface area contributed by atoms with E-state index in [9.17, 15) is 0 Å². The quantitative estimate of drug-likeness (QED) is 0.292. The lowest BCUT2D eigenvalue weighted by Crippen LogP contribution is -2.41. The monoisotopic (exact) mass is 437 g/mol. The number of halogens is 1. The number of rotatable bonds is 8. The minimum absolute atomic E-state index is 0. The highest BCUT2D eigenvalue weighted by Crippen LogP contribution is 2.27. The molecule has 1 aromatic rings. The fourth-order valence-electron chi connectivity index (χ4n) is 2.09. The molecule has 1 rings (SSSR count). The lowest BCUT2D eigenvalue weighted by Gasteiger charge is -2.22. The van der Waals surface area contributed by atoms with Crippen LogP contribution in [0.2, 0.25) is 0 Å². The summed E-state index contributed by atoms with van der Waals surface area (Å²) in [6.07, 6.45) is 0.891. The molecular weight excluding hydrogens is 409 g/mol. The Kier molecular flexibility index (Phi) is 11.6. The number of likely N-dealkylation sites (N-methyl/N-ethyl adjacent to an activating group) is 1. The van der Waals surface area contributed by atoms with Crippen LogP contribution < -0.4 is 14.8 Å². The van der Waals surface area contributed by atoms with Crippen molar-refractivity contribution >= 4 is 29.9 Å². The molecule has 0 spiro atoms. The van der Waals surface area contributed by atoms with Crippen LogP contribution in [0.15, 0.2) is 23.2 Å². The van der Waals surface area contributed by atoms with Gasteiger partial charge in [-0.25, -0.2) is 0 Å². The van der Waals surface area contributed by atoms with Crippen LogP contribution >= 0.6 is 24.0 Å². The molecule has 0 unspecified atom stereocenters. The maximum Gasteiger partial charge on any atom is 0.193 e. The maximum atomic E-state index is 5.33. The fraction of sp³-hybridized carbons (Fsp3) is 0.562. The van der Waals surface area contributed by atoms with Crippen molar-refractivity contribution in [2.24, 2.45) is 4.99 Å². The Labute approximate surface area is 156 Å². The van der Waals surface area contributed by atoms with Gasteiger partial charge in [-0.3, -0.25) is 4.99 Å². The first-order chi connectivity index (χ1) is 10.7. The van der Waals surface area contributed by atoms with Crippen LogP contribution in [0.5, 0.6) is 11.5 Å². The van der Waals surface area contributed by atoms with E-state index in [1.165, 1.54) is 5.56 Å². The Balaban J connectivity index is 0.00000484. The molecule has 7 heteroatoms. The van der Waals surface area contributed by atoms with Gasteiger partial charge in [0.15, 0.2) is 17.5 Å². The second kappa shape index (κ2) is 12.2. The number of aliphatic imine (C=N–C) groups is 1. The van der Waals surface area contributed by atoms with Gasteiger partial charge in [0, 0.05) is 34.3 Å². The fourth-order valence-corrected chi connectivity index (χ4v) is 2.09. The molecule has 6 nitrogen and oxygen atoms in total. The highest BCUT2D eigenvalue weighted by molar-refractivity contribution is 14.0. The number of benzene rings is 1. The molecule has 0 bridgehead atoms. The molecular formula is C16H28IN3O3. The Bertz CT molecular complexity index is 484. The highest BCUT2D eigenvalue weighted by Gasteiger charge is 2.08. The van der Waals surface area contributed by atoms with Crippen molar-refractivity contribution in [1.82, 2.24) is 10.2 Å². The Morgan fingerprint density at radius 3 is 2.43 bits per heavy atom. The summed E-state index contributed by atoms with van der Waals surface area (Å²) in [6.45, 7) is 2.24. The largest absolute Gasteiger partial charge is 0.493 e. The van der Waals surface area contributed by atoms with Crippen LogP contribution in [-0.2, 0) is 11.2 Å². The van der Waals surface area contributed by atoms with Crippen molar-refractivity contribution in [2.75, 3.05) is 55.1 Å². The first kappa shape index (κ1) is 21.8. The summed E-state index contributed by atoms with van der Waals surface area (Å²) >= 11 is 0. The summed E-state index contributed by atoms with van der Waals surface area (Å²) in [5.41, 5.74) is 1.19. The molecule has 0 fully saturated rings. The van der Waals surface area contributed by atoms with Gasteiger partial charge in [0.05, 0.1) is 20.8 Å². The van der Waals surface area contributed by atoms with E-state index < -0.39 is 0 Å². The van der Waals surface area contributed by atoms with Gasteiger partial charge in [0.1, 0.15) is 0 Å². The second-order valence-corrected chi connectivity index (χ2v) is 4.83. The Morgan fingerprint density at radius 2 is 1.87 bits per heavy atom. The lowest BCUT2D eigenvalue weighted by molar-refractivity contribution is 0.203. The number of hydrogen-bond acceptors (Lipinski definition) is 4. The molecule has 0 saturated heterocycles. The van der Waals surface area contributed by atoms with Crippen molar-refractivity contribution in [3.63, 3.8) is 0 Å². The number of ether oxygens (including phenoxy) is 3. The zero-order valence-corrected chi connectivity index (χ0v) is 16.9. The van der Waals surface area contributed by atoms with Crippen molar-refractivity contribution < 1.29 is 14.2 Å². The molecule has 0 atom stereocenters. The van der Waals surface area contributed by atoms with Crippen LogP contribution in [0, 0.1) is 0 Å². The number of nitrogens with zero attached hydrogens (tertiary/aromatic N) is 2. The Hall–Kier alpha value is -1.22. The third-order valence-corrected chi connectivity index (χ3v) is 3.35. The standard InChI is InChI=1S/C16H27N3O3.HI/c1-17-16(18-9-11-20-3)19(2)10-8-13-6-7-14(21-4)15(12-13)22-5;/h6-7,12H,8-11H2,1-5H3,(H,17,18);1H. The highest BCUT2D eigenvalue weighted by atomic mass is 127. The molecule has 0 aliphatic heterocycles. The molecule has 0 saturated carbocycles. The average Bonchev–Trinajstić information content (AvgIpc) is 2.56. The predicted molar refractivity (Wildman–Crippen MR) is 105 cm³/mol. The van der Waals surface area contributed by atoms with Gasteiger partial charge in [0.2, 0.25) is 0 Å². The zero-order chi connectivity index (χ0) is 16.4. The van der Waals surface area contributed by atoms with Crippen molar-refractivity contribution in [3.8, 4) is 11.5 Å². The van der Waals surface area contributed by atoms with Crippen molar-refractivity contribution in [3.05, 3.63) is 23.8 Å². The van der Waals surface area contributed by atoms with Gasteiger partial charge in [-0.15, -0.1) is 24.0 Å². The van der Waals surface area contributed by atoms with Gasteiger partial charge in [0.25, 0.3) is 0 Å². The molecule has 23 heavy (non-hydrogen) atoms. The number of nitrogens with one attached hydrogen (secondary N) is 1. The lowest BCUT2D eigenvalue weighted by atomic mass is 10.1. The minimum atomic E-state index is 0. The van der Waals surface area contributed by atoms with E-state index in [2.05, 4.69) is 21.3 Å². The SMILES string of the molecule is CN=C(NCCOC)N(C)CCc1ccc(OC)c(OC)c1.I. The van der Waals surface area contributed by atoms with E-state index in [-0.39, 0.29) is 24.0 Å². The van der Waals surface area contributed by atoms with E-state index >= 15 is 0 Å². The topological polar surface area (TPSA) is 55.3 Å². The summed E-state index contributed by atoms with van der Waals surface area (Å²) in [5.74, 6) is 2.36. The molecule has 0 amide bonds. The third-order valence-electron chi connectivity index (χ3n) is 3.35. The number of guanidine groups is 1. The van der Waals surface area contributed by atoms with E-state index in [0.717, 1.165) is 37.0 Å². The van der Waals surface area contributed by atoms with Crippen LogP contribution in [-0.4, -0.2) is 66.0 Å². The number of hydrogen-bond donors (Lipinski definition) is 1. The van der Waals surface area contributed by atoms with E-state index in [1.807, 2.05) is 19.2 Å². The summed E-state index contributed by atoms with van der Waals surface area (Å²) < 4.78 is 15.6. The molecule has 0 aromatic heterocycles. The van der Waals surface area contributed by atoms with Crippen LogP contribution in [0.4, 0.5) is 0 Å². The normalized spacial score (nSPS) is 10.7. The smallest absolute Gasteiger partial charge is 0.193 e. The van der Waals surface area contributed by atoms with Crippen molar-refractivity contribution in [2.45, 2.75) is 6.42 Å². The Morgan fingerprint density at radius 1 is 1.17 bits per heavy atom. The molecule has 0 heterocycles. The van der Waals surface area contributed by atoms with E-state index in [4.69, 9.17) is 14.2 Å². The molecule has 0 radical (unpaired) electrons. The third kappa shape index (κ3) is 7.26. The maximum absolute atomic E-state index is 5.33. The van der Waals surface area contributed by atoms with Crippen molar-refractivity contribution in [1.29, 1.82) is 0 Å². The first-order valence-corrected chi connectivity index (χ1v) is 7.27. The van der Waals surface area contributed by atoms with Crippen LogP contribution in [0.1, 0.15) is 5.56 Å². The van der Waals surface area contributed by atoms with Gasteiger partial charge in [-0.2, -0.15) is 0 Å². The van der Waals surface area contributed by atoms with E-state index in [0.29, 0.717) is 6.61 Å². The predicted octanol–water partition coefficient (Wildman–Crippen LogP) is 2.02. The molecule has 0 aliphatic rings. The summed E-state index contributed by atoms with van der Waals surface area (Å²) in [5, 5.41) is 3.25. The van der Waals surface area contributed by atoms with Gasteiger partial charge in [-0.1, -0.05) is 6.07 Å². The first-order valence-electron chi connectivity index (χ1n) is 7.27. The zero-order valence-electron chi connectivity index (χ0n) is 14.6. The minimum Gasteiger partial charge on any atom is -0.493 e. The molecule has 1 N–H and O–H groups in total. The summed E-state index contributed by atoms with van der Waals surface area (Å²) in [4.78, 5) is 6.35. The summed E-state index contributed by atoms with van der Waals surface area (Å²) in [6, 6.07) is 5.99. The van der Waals surface area contributed by atoms with Gasteiger partial charge in [-0.05, 0) is 24.1 Å². The van der Waals surface area contributed by atoms with E-state index in [1.54, 1.807) is 28.4 Å². The molecule has 1 aromatic carbocycles. The van der Waals surface area contributed by atoms with Gasteiger partial charge >= 0.3 is 0 Å².